The van der Waals surface area contributed by atoms with E-state index in [1.165, 1.54) is 63.4 Å². The molecule has 3 rings (SSSR count). The predicted octanol–water partition coefficient (Wildman–Crippen LogP) is 7.67. The Morgan fingerprint density at radius 2 is 2.00 bits per heavy atom. The minimum atomic E-state index is -0.534. The van der Waals surface area contributed by atoms with Gasteiger partial charge in [-0.2, -0.15) is 12.6 Å². The van der Waals surface area contributed by atoms with Crippen LogP contribution < -0.4 is 0 Å². The molecule has 3 aliphatic rings. The highest BCUT2D eigenvalue weighted by atomic mass is 32.1. The van der Waals surface area contributed by atoms with Crippen LogP contribution in [-0.4, -0.2) is 15.5 Å². The van der Waals surface area contributed by atoms with Crippen molar-refractivity contribution < 1.29 is 5.11 Å². The van der Waals surface area contributed by atoms with E-state index in [2.05, 4.69) is 32.6 Å². The van der Waals surface area contributed by atoms with Crippen molar-refractivity contribution in [3.63, 3.8) is 0 Å². The molecular formula is C27H44OS. The minimum Gasteiger partial charge on any atom is -0.390 e. The molecular weight excluding hydrogens is 372 g/mol. The number of allylic oxidation sites excluding steroid dienone is 5. The second kappa shape index (κ2) is 9.35. The smallest absolute Gasteiger partial charge is 0.0591 e. The average Bonchev–Trinajstić information content (AvgIpc) is 2.99. The van der Waals surface area contributed by atoms with Crippen LogP contribution in [0.15, 0.2) is 35.5 Å². The number of aliphatic hydroxyl groups is 1. The third kappa shape index (κ3) is 5.62. The molecule has 29 heavy (non-hydrogen) atoms. The van der Waals surface area contributed by atoms with Crippen molar-refractivity contribution >= 4 is 12.6 Å². The maximum Gasteiger partial charge on any atom is 0.0591 e. The van der Waals surface area contributed by atoms with Gasteiger partial charge in [-0.05, 0) is 95.3 Å². The predicted molar refractivity (Wildman–Crippen MR) is 129 cm³/mol. The third-order valence-electron chi connectivity index (χ3n) is 8.20. The van der Waals surface area contributed by atoms with Crippen LogP contribution in [0.5, 0.6) is 0 Å². The summed E-state index contributed by atoms with van der Waals surface area (Å²) in [6, 6.07) is 0. The highest BCUT2D eigenvalue weighted by Gasteiger charge is 2.51. The Morgan fingerprint density at radius 1 is 1.24 bits per heavy atom. The molecule has 164 valence electrons. The first-order valence-electron chi connectivity index (χ1n) is 12.1. The van der Waals surface area contributed by atoms with E-state index in [4.69, 9.17) is 12.6 Å². The molecule has 0 spiro atoms. The number of fused-ring (bicyclic) bond motifs is 1. The zero-order chi connectivity index (χ0) is 21.2. The van der Waals surface area contributed by atoms with Gasteiger partial charge in [0.2, 0.25) is 0 Å². The van der Waals surface area contributed by atoms with Crippen LogP contribution >= 0.6 is 12.6 Å². The topological polar surface area (TPSA) is 20.2 Å². The first-order valence-corrected chi connectivity index (χ1v) is 12.6. The van der Waals surface area contributed by atoms with Crippen molar-refractivity contribution in [2.24, 2.45) is 23.7 Å². The molecule has 4 unspecified atom stereocenters. The van der Waals surface area contributed by atoms with Gasteiger partial charge in [0, 0.05) is 4.75 Å². The molecule has 3 fully saturated rings. The van der Waals surface area contributed by atoms with Crippen LogP contribution in [0.3, 0.4) is 0 Å². The fourth-order valence-corrected chi connectivity index (χ4v) is 7.18. The minimum absolute atomic E-state index is 0.185. The van der Waals surface area contributed by atoms with Crippen LogP contribution in [-0.2, 0) is 0 Å². The molecule has 0 aromatic heterocycles. The van der Waals surface area contributed by atoms with Crippen molar-refractivity contribution in [3.05, 3.63) is 35.5 Å². The fourth-order valence-electron chi connectivity index (χ4n) is 6.34. The molecule has 3 saturated carbocycles. The zero-order valence-electron chi connectivity index (χ0n) is 19.3. The summed E-state index contributed by atoms with van der Waals surface area (Å²) in [5.41, 5.74) is 4.18. The molecule has 0 aromatic carbocycles. The summed E-state index contributed by atoms with van der Waals surface area (Å²) in [5.74, 6) is 2.72. The summed E-state index contributed by atoms with van der Waals surface area (Å²) < 4.78 is 0.185. The number of hydrogen-bond donors (Lipinski definition) is 2. The van der Waals surface area contributed by atoms with Crippen LogP contribution in [0, 0.1) is 23.7 Å². The lowest BCUT2D eigenvalue weighted by Gasteiger charge is -2.43. The molecule has 0 aliphatic heterocycles. The van der Waals surface area contributed by atoms with Gasteiger partial charge >= 0.3 is 0 Å². The van der Waals surface area contributed by atoms with E-state index in [9.17, 15) is 5.11 Å². The second-order valence-corrected chi connectivity index (χ2v) is 11.9. The largest absolute Gasteiger partial charge is 0.390 e. The third-order valence-corrected chi connectivity index (χ3v) is 9.07. The van der Waals surface area contributed by atoms with Gasteiger partial charge in [-0.15, -0.1) is 0 Å². The quantitative estimate of drug-likeness (QED) is 0.336. The average molecular weight is 417 g/mol. The van der Waals surface area contributed by atoms with Crippen LogP contribution in [0.1, 0.15) is 98.3 Å². The van der Waals surface area contributed by atoms with E-state index in [-0.39, 0.29) is 4.75 Å². The van der Waals surface area contributed by atoms with Crippen LogP contribution in [0.2, 0.25) is 0 Å². The molecule has 0 bridgehead atoms. The second-order valence-electron chi connectivity index (χ2n) is 11.1. The lowest BCUT2D eigenvalue weighted by atomic mass is 9.70. The van der Waals surface area contributed by atoms with E-state index in [0.29, 0.717) is 23.7 Å². The number of rotatable bonds is 6. The lowest BCUT2D eigenvalue weighted by molar-refractivity contribution is 0.0656. The van der Waals surface area contributed by atoms with Crippen molar-refractivity contribution in [2.75, 3.05) is 0 Å². The Morgan fingerprint density at radius 3 is 2.69 bits per heavy atom. The highest BCUT2D eigenvalue weighted by molar-refractivity contribution is 7.81. The van der Waals surface area contributed by atoms with E-state index < -0.39 is 5.60 Å². The van der Waals surface area contributed by atoms with Crippen molar-refractivity contribution in [2.45, 2.75) is 109 Å². The lowest BCUT2D eigenvalue weighted by Crippen LogP contribution is -2.40. The van der Waals surface area contributed by atoms with Gasteiger partial charge in [0.25, 0.3) is 0 Å². The van der Waals surface area contributed by atoms with Gasteiger partial charge in [0.05, 0.1) is 5.60 Å². The molecule has 0 saturated heterocycles. The first-order chi connectivity index (χ1) is 13.6. The molecule has 1 nitrogen and oxygen atoms in total. The standard InChI is InChI=1S/C27H44OS/c1-19-10-11-22(18-21(19)3)12-13-23-9-7-17-27(29)24(14-15-25(23)27)20(2)8-6-16-26(4,5)28/h12-13,20-21,24-25,28-29H,1,6-11,14-18H2,2-5H3/b22-12-,23-13+/t20?,21?,24?,25-,27?/m0/s1. The first kappa shape index (κ1) is 23.2. The Hall–Kier alpha value is -0.470. The van der Waals surface area contributed by atoms with E-state index in [1.807, 2.05) is 13.8 Å². The van der Waals surface area contributed by atoms with E-state index in [1.54, 1.807) is 11.1 Å². The number of thiol groups is 1. The summed E-state index contributed by atoms with van der Waals surface area (Å²) in [6.07, 6.45) is 18.2. The maximum atomic E-state index is 10.0. The summed E-state index contributed by atoms with van der Waals surface area (Å²) in [6.45, 7) is 12.8. The molecule has 2 heteroatoms. The zero-order valence-corrected chi connectivity index (χ0v) is 20.2. The fraction of sp³-hybridized carbons (Fsp3) is 0.778. The molecule has 5 atom stereocenters. The van der Waals surface area contributed by atoms with E-state index in [0.717, 1.165) is 12.8 Å². The summed E-state index contributed by atoms with van der Waals surface area (Å²) in [7, 11) is 0. The van der Waals surface area contributed by atoms with Crippen molar-refractivity contribution in [1.29, 1.82) is 0 Å². The van der Waals surface area contributed by atoms with E-state index >= 15 is 0 Å². The van der Waals surface area contributed by atoms with Gasteiger partial charge in [0.1, 0.15) is 0 Å². The molecule has 3 aliphatic carbocycles. The van der Waals surface area contributed by atoms with Crippen molar-refractivity contribution in [3.8, 4) is 0 Å². The van der Waals surface area contributed by atoms with Gasteiger partial charge in [-0.1, -0.05) is 62.1 Å². The molecule has 0 aromatic rings. The summed E-state index contributed by atoms with van der Waals surface area (Å²) in [4.78, 5) is 0. The van der Waals surface area contributed by atoms with Crippen LogP contribution in [0.25, 0.3) is 0 Å². The number of hydrogen-bond acceptors (Lipinski definition) is 2. The normalized spacial score (nSPS) is 37.2. The Labute approximate surface area is 185 Å². The Balaban J connectivity index is 1.65. The Kier molecular flexibility index (Phi) is 7.48. The van der Waals surface area contributed by atoms with Gasteiger partial charge in [-0.25, -0.2) is 0 Å². The van der Waals surface area contributed by atoms with Crippen LogP contribution in [0.4, 0.5) is 0 Å². The monoisotopic (exact) mass is 416 g/mol. The van der Waals surface area contributed by atoms with Crippen molar-refractivity contribution in [1.82, 2.24) is 0 Å². The highest BCUT2D eigenvalue weighted by Crippen LogP contribution is 2.57. The summed E-state index contributed by atoms with van der Waals surface area (Å²) in [5, 5.41) is 10.0. The van der Waals surface area contributed by atoms with Gasteiger partial charge in [0.15, 0.2) is 0 Å². The SMILES string of the molecule is C=C1CC/C(=C/C=C2\CCCC3(S)C(C(C)CCCC(C)(C)O)CC[C@@H]23)CC1C. The Bertz CT molecular complexity index is 652. The molecule has 0 heterocycles. The molecule has 0 amide bonds. The van der Waals surface area contributed by atoms with Gasteiger partial charge in [-0.3, -0.25) is 0 Å². The maximum absolute atomic E-state index is 10.0. The molecule has 0 radical (unpaired) electrons. The van der Waals surface area contributed by atoms with Gasteiger partial charge < -0.3 is 5.11 Å². The summed E-state index contributed by atoms with van der Waals surface area (Å²) >= 11 is 5.40. The molecule has 1 N–H and O–H groups in total.